The lowest BCUT2D eigenvalue weighted by molar-refractivity contribution is 0.153. The molecule has 3 atom stereocenters. The maximum atomic E-state index is 6.00. The van der Waals surface area contributed by atoms with Crippen molar-refractivity contribution in [3.05, 3.63) is 18.2 Å². The third-order valence-corrected chi connectivity index (χ3v) is 5.32. The molecule has 2 saturated heterocycles. The number of fused-ring (bicyclic) bond motifs is 1. The summed E-state index contributed by atoms with van der Waals surface area (Å²) in [5.74, 6) is 1.00. The van der Waals surface area contributed by atoms with Gasteiger partial charge in [0.15, 0.2) is 0 Å². The monoisotopic (exact) mass is 276 g/mol. The molecule has 1 aromatic rings. The van der Waals surface area contributed by atoms with E-state index in [9.17, 15) is 0 Å². The van der Waals surface area contributed by atoms with Gasteiger partial charge in [0.1, 0.15) is 0 Å². The van der Waals surface area contributed by atoms with Gasteiger partial charge in [0, 0.05) is 43.0 Å². The third kappa shape index (κ3) is 2.51. The minimum atomic E-state index is 0.430. The summed E-state index contributed by atoms with van der Waals surface area (Å²) in [7, 11) is 0. The van der Waals surface area contributed by atoms with Crippen LogP contribution in [0.4, 0.5) is 0 Å². The first kappa shape index (κ1) is 14.1. The topological polar surface area (TPSA) is 47.1 Å². The first-order valence-corrected chi connectivity index (χ1v) is 8.16. The molecule has 0 bridgehead atoms. The van der Waals surface area contributed by atoms with Gasteiger partial charge in [0.25, 0.3) is 0 Å². The summed E-state index contributed by atoms with van der Waals surface area (Å²) < 4.78 is 2.44. The second-order valence-corrected chi connectivity index (χ2v) is 6.82. The minimum absolute atomic E-state index is 0.430. The van der Waals surface area contributed by atoms with Crippen LogP contribution in [-0.4, -0.2) is 40.1 Å². The maximum Gasteiger partial charge on any atom is 0.0950 e. The van der Waals surface area contributed by atoms with E-state index in [0.717, 1.165) is 6.04 Å². The van der Waals surface area contributed by atoms with Gasteiger partial charge in [-0.1, -0.05) is 13.8 Å². The van der Waals surface area contributed by atoms with Crippen molar-refractivity contribution in [2.24, 2.45) is 11.7 Å². The number of aromatic nitrogens is 2. The fraction of sp³-hybridized carbons (Fsp3) is 0.812. The van der Waals surface area contributed by atoms with Crippen LogP contribution in [0.1, 0.15) is 57.2 Å². The fourth-order valence-corrected chi connectivity index (χ4v) is 4.10. The molecule has 0 aromatic carbocycles. The Bertz CT molecular complexity index is 439. The minimum Gasteiger partial charge on any atom is -0.331 e. The normalized spacial score (nSPS) is 28.8. The third-order valence-electron chi connectivity index (χ3n) is 5.32. The Balaban J connectivity index is 1.79. The van der Waals surface area contributed by atoms with Crippen molar-refractivity contribution in [1.29, 1.82) is 0 Å². The highest BCUT2D eigenvalue weighted by Gasteiger charge is 2.33. The molecule has 2 fully saturated rings. The van der Waals surface area contributed by atoms with Crippen molar-refractivity contribution in [3.63, 3.8) is 0 Å². The molecule has 2 aliphatic rings. The largest absolute Gasteiger partial charge is 0.331 e. The SMILES string of the molecule is CC(C)C(CN)c1cncn1C1CCN2CCCC2C1. The molecular weight excluding hydrogens is 248 g/mol. The lowest BCUT2D eigenvalue weighted by atomic mass is 9.91. The zero-order valence-electron chi connectivity index (χ0n) is 12.8. The van der Waals surface area contributed by atoms with E-state index in [1.807, 2.05) is 12.5 Å². The maximum absolute atomic E-state index is 6.00. The second-order valence-electron chi connectivity index (χ2n) is 6.82. The highest BCUT2D eigenvalue weighted by Crippen LogP contribution is 2.35. The zero-order valence-corrected chi connectivity index (χ0v) is 12.8. The molecule has 0 aliphatic carbocycles. The summed E-state index contributed by atoms with van der Waals surface area (Å²) in [4.78, 5) is 7.10. The van der Waals surface area contributed by atoms with E-state index in [0.29, 0.717) is 24.4 Å². The average molecular weight is 276 g/mol. The highest BCUT2D eigenvalue weighted by molar-refractivity contribution is 5.10. The number of piperidine rings is 1. The van der Waals surface area contributed by atoms with E-state index in [2.05, 4.69) is 28.3 Å². The van der Waals surface area contributed by atoms with Gasteiger partial charge in [-0.05, 0) is 38.1 Å². The lowest BCUT2D eigenvalue weighted by Crippen LogP contribution is -2.39. The molecule has 3 unspecified atom stereocenters. The van der Waals surface area contributed by atoms with Crippen molar-refractivity contribution < 1.29 is 0 Å². The summed E-state index contributed by atoms with van der Waals surface area (Å²) in [5.41, 5.74) is 7.35. The predicted octanol–water partition coefficient (Wildman–Crippen LogP) is 2.38. The van der Waals surface area contributed by atoms with Gasteiger partial charge in [0.2, 0.25) is 0 Å². The summed E-state index contributed by atoms with van der Waals surface area (Å²) in [6.07, 6.45) is 9.39. The van der Waals surface area contributed by atoms with E-state index in [1.54, 1.807) is 0 Å². The number of imidazole rings is 1. The first-order chi connectivity index (χ1) is 9.70. The van der Waals surface area contributed by atoms with Gasteiger partial charge in [-0.25, -0.2) is 4.98 Å². The van der Waals surface area contributed by atoms with E-state index in [1.165, 1.54) is 44.5 Å². The molecule has 0 amide bonds. The molecule has 0 radical (unpaired) electrons. The molecular formula is C16H28N4. The highest BCUT2D eigenvalue weighted by atomic mass is 15.2. The Morgan fingerprint density at radius 1 is 1.30 bits per heavy atom. The van der Waals surface area contributed by atoms with Gasteiger partial charge in [-0.2, -0.15) is 0 Å². The van der Waals surface area contributed by atoms with Crippen molar-refractivity contribution >= 4 is 0 Å². The Morgan fingerprint density at radius 3 is 2.90 bits per heavy atom. The Labute approximate surface area is 122 Å². The predicted molar refractivity (Wildman–Crippen MR) is 81.7 cm³/mol. The van der Waals surface area contributed by atoms with Crippen LogP contribution in [0.2, 0.25) is 0 Å². The van der Waals surface area contributed by atoms with Crippen LogP contribution in [-0.2, 0) is 0 Å². The summed E-state index contributed by atoms with van der Waals surface area (Å²) >= 11 is 0. The molecule has 1 aromatic heterocycles. The Kier molecular flexibility index (Phi) is 4.13. The van der Waals surface area contributed by atoms with Crippen molar-refractivity contribution in [1.82, 2.24) is 14.5 Å². The van der Waals surface area contributed by atoms with E-state index < -0.39 is 0 Å². The van der Waals surface area contributed by atoms with Crippen molar-refractivity contribution in [3.8, 4) is 0 Å². The van der Waals surface area contributed by atoms with Gasteiger partial charge in [-0.15, -0.1) is 0 Å². The average Bonchev–Trinajstić information content (AvgIpc) is 3.06. The Morgan fingerprint density at radius 2 is 2.15 bits per heavy atom. The molecule has 0 spiro atoms. The van der Waals surface area contributed by atoms with Crippen LogP contribution in [0.15, 0.2) is 12.5 Å². The van der Waals surface area contributed by atoms with Crippen LogP contribution in [0.5, 0.6) is 0 Å². The molecule has 112 valence electrons. The standard InChI is InChI=1S/C16H28N4/c1-12(2)15(9-17)16-10-18-11-20(16)14-5-7-19-6-3-4-13(19)8-14/h10-15H,3-9,17H2,1-2H3. The lowest BCUT2D eigenvalue weighted by Gasteiger charge is -2.36. The molecule has 3 heterocycles. The number of hydrogen-bond acceptors (Lipinski definition) is 3. The smallest absolute Gasteiger partial charge is 0.0950 e. The number of rotatable bonds is 4. The molecule has 0 saturated carbocycles. The number of nitrogens with two attached hydrogens (primary N) is 1. The van der Waals surface area contributed by atoms with Crippen LogP contribution >= 0.6 is 0 Å². The molecule has 3 rings (SSSR count). The molecule has 20 heavy (non-hydrogen) atoms. The number of nitrogens with zero attached hydrogens (tertiary/aromatic N) is 3. The first-order valence-electron chi connectivity index (χ1n) is 8.16. The summed E-state index contributed by atoms with van der Waals surface area (Å²) in [6.45, 7) is 7.79. The van der Waals surface area contributed by atoms with Crippen molar-refractivity contribution in [2.45, 2.75) is 57.5 Å². The van der Waals surface area contributed by atoms with Crippen LogP contribution < -0.4 is 5.73 Å². The van der Waals surface area contributed by atoms with Gasteiger partial charge in [0.05, 0.1) is 6.33 Å². The van der Waals surface area contributed by atoms with Gasteiger partial charge in [-0.3, -0.25) is 0 Å². The van der Waals surface area contributed by atoms with Crippen LogP contribution in [0.3, 0.4) is 0 Å². The zero-order chi connectivity index (χ0) is 14.1. The van der Waals surface area contributed by atoms with Gasteiger partial charge < -0.3 is 15.2 Å². The fourth-order valence-electron chi connectivity index (χ4n) is 4.10. The van der Waals surface area contributed by atoms with Crippen molar-refractivity contribution in [2.75, 3.05) is 19.6 Å². The van der Waals surface area contributed by atoms with E-state index in [-0.39, 0.29) is 0 Å². The summed E-state index contributed by atoms with van der Waals surface area (Å²) in [6, 6.07) is 1.43. The summed E-state index contributed by atoms with van der Waals surface area (Å²) in [5, 5.41) is 0. The molecule has 2 N–H and O–H groups in total. The van der Waals surface area contributed by atoms with Crippen LogP contribution in [0.25, 0.3) is 0 Å². The van der Waals surface area contributed by atoms with Gasteiger partial charge >= 0.3 is 0 Å². The second kappa shape index (κ2) is 5.86. The molecule has 4 heteroatoms. The van der Waals surface area contributed by atoms with Crippen LogP contribution in [0, 0.1) is 5.92 Å². The molecule has 4 nitrogen and oxygen atoms in total. The van der Waals surface area contributed by atoms with E-state index >= 15 is 0 Å². The molecule has 2 aliphatic heterocycles. The number of hydrogen-bond donors (Lipinski definition) is 1. The Hall–Kier alpha value is -0.870. The quantitative estimate of drug-likeness (QED) is 0.918. The van der Waals surface area contributed by atoms with E-state index in [4.69, 9.17) is 5.73 Å².